The summed E-state index contributed by atoms with van der Waals surface area (Å²) in [5.41, 5.74) is 4.40. The van der Waals surface area contributed by atoms with E-state index in [0.717, 1.165) is 113 Å². The molecule has 2 aliphatic rings. The molecule has 0 bridgehead atoms. The van der Waals surface area contributed by atoms with E-state index in [1.165, 1.54) is 63.2 Å². The van der Waals surface area contributed by atoms with E-state index in [0.29, 0.717) is 25.7 Å². The fourth-order valence-electron chi connectivity index (χ4n) is 11.0. The van der Waals surface area contributed by atoms with Crippen LogP contribution in [-0.4, -0.2) is 227 Å². The molecule has 14 aromatic heterocycles. The third-order valence-corrected chi connectivity index (χ3v) is 16.9. The van der Waals surface area contributed by atoms with Gasteiger partial charge < -0.3 is 73.2 Å². The zero-order chi connectivity index (χ0) is 83.2. The van der Waals surface area contributed by atoms with Crippen LogP contribution in [-0.2, 0) is 143 Å². The number of aromatic nitrogens is 25. The molecule has 2 N–H and O–H groups in total. The largest absolute Gasteiger partial charge is 0 e. The Kier molecular flexibility index (Phi) is 49.1. The second kappa shape index (κ2) is 53.2. The van der Waals surface area contributed by atoms with Crippen LogP contribution in [0.2, 0.25) is 0 Å². The van der Waals surface area contributed by atoms with Gasteiger partial charge in [0.25, 0.3) is 0 Å². The molecule has 0 aromatic carbocycles. The maximum Gasteiger partial charge on any atom is 0 e. The van der Waals surface area contributed by atoms with Crippen LogP contribution in [0.3, 0.4) is 0 Å². The van der Waals surface area contributed by atoms with Crippen molar-refractivity contribution in [3.63, 3.8) is 0 Å². The van der Waals surface area contributed by atoms with Crippen LogP contribution in [0.5, 0.6) is 0 Å². The van der Waals surface area contributed by atoms with E-state index in [1.54, 1.807) is 86.8 Å². The first-order valence-corrected chi connectivity index (χ1v) is 76.0. The first-order chi connectivity index (χ1) is 54.3. The molecule has 31 nitrogen and oxygen atoms in total. The third-order valence-electron chi connectivity index (χ3n) is 16.9. The summed E-state index contributed by atoms with van der Waals surface area (Å²) in [6.45, 7) is -2.39. The standard InChI is InChI=1S/C16H17N3O2.C15H16N4O2.5C8H10N4.9ClH.2K.3Os.U.W/c20-16(21)12-5-9-19(10-6-12)13-4-8-18-15(11-13)14-3-1-2-7-17-14;20-15(21)12-4-8-18(9-5-12)19-10-7-17-14(11-19)13-3-1-2-6-16-13;5*1-11-5-3-9-7(11)8-10-4-6-12(8)2;;;;;;;;;;;;;;;;/h1-4,7-8,11-12H,5-6,9-10H2,(H,20,21);1-3,6-7,10-12H,4-5,8-9H2;5*3-6H,1-2H3;9*1H;;;;;;;/q;;;;;;;;;;;;;;;;;;;+2;+6;;/p-8. The normalized spacial score (nSPS) is 12.6. The van der Waals surface area contributed by atoms with Gasteiger partial charge in [0.05, 0.1) is 48.2 Å². The topological polar surface area (TPSA) is 315 Å². The summed E-state index contributed by atoms with van der Waals surface area (Å²) < 4.78 is 21.4. The van der Waals surface area contributed by atoms with E-state index < -0.39 is 34.0 Å². The summed E-state index contributed by atoms with van der Waals surface area (Å²) in [5.74, 6) is 7.11. The molecule has 16 heterocycles. The van der Waals surface area contributed by atoms with Gasteiger partial charge in [-0.25, -0.2) is 54.8 Å². The van der Waals surface area contributed by atoms with Crippen LogP contribution in [0, 0.1) is 42.9 Å². The SMILES string of the molecule is Cn1ccnc1-c1nccn1C.Cn1ccnc1-c1nccn1C.Cn1ccnc1-c1nccn1C.Cn1ccnc1-c1nccn1C.Cn1ccnc1-c1nccn1C.O=C(O)C1CCN([n+]2ccnc(-c3ccccn3)c2)CC1.O=C(O)C1CCN(c2ccnc(-c3ccccn3)c2)CC1.[Cl-].[Cl][Os]([Cl])([Cl])([Cl])([Cl])[Cl].[Cl][Os][Cl].[K][K].[Os].[U].[W]. The predicted molar refractivity (Wildman–Crippen MR) is 441 cm³/mol. The Bertz CT molecular complexity index is 4470. The van der Waals surface area contributed by atoms with E-state index in [-0.39, 0.29) is 96.2 Å². The summed E-state index contributed by atoms with van der Waals surface area (Å²) in [5, 5.41) is 20.2. The Morgan fingerprint density at radius 2 is 0.627 bits per heavy atom. The van der Waals surface area contributed by atoms with Gasteiger partial charge in [-0.05, 0) is 62.1 Å². The van der Waals surface area contributed by atoms with E-state index in [9.17, 15) is 9.59 Å². The van der Waals surface area contributed by atoms with Crippen molar-refractivity contribution in [1.82, 2.24) is 115 Å². The van der Waals surface area contributed by atoms with Gasteiger partial charge in [0.2, 0.25) is 12.4 Å². The Labute approximate surface area is 825 Å². The second-order valence-corrected chi connectivity index (χ2v) is 83.5. The van der Waals surface area contributed by atoms with E-state index in [1.807, 2.05) is 244 Å². The minimum absolute atomic E-state index is 0. The van der Waals surface area contributed by atoms with Gasteiger partial charge in [0.1, 0.15) is 0 Å². The Hall–Kier alpha value is -3.30. The number of rotatable bonds is 11. The van der Waals surface area contributed by atoms with Crippen LogP contribution in [0.25, 0.3) is 81.0 Å². The molecule has 0 atom stereocenters. The molecule has 0 radical (unpaired) electrons. The van der Waals surface area contributed by atoms with Crippen molar-refractivity contribution in [2.45, 2.75) is 25.7 Å². The fraction of sp³-hybridized carbons (Fsp3) is 0.282. The van der Waals surface area contributed by atoms with Crippen LogP contribution in [0.4, 0.5) is 5.69 Å². The monoisotopic (exact) mass is 2770 g/mol. The zero-order valence-corrected chi connectivity index (χ0v) is 93.9. The number of nitrogens with zero attached hydrogens (tertiary/aromatic N) is 27. The summed E-state index contributed by atoms with van der Waals surface area (Å²) in [7, 11) is 59.7. The van der Waals surface area contributed by atoms with Crippen molar-refractivity contribution >= 4 is 158 Å². The average molecular weight is 2770 g/mol. The number of hydrogen-bond acceptors (Lipinski definition) is 18. The van der Waals surface area contributed by atoms with Gasteiger partial charge in [0.15, 0.2) is 63.9 Å². The van der Waals surface area contributed by atoms with Crippen molar-refractivity contribution in [3.05, 3.63) is 210 Å². The molecule has 0 spiro atoms. The Morgan fingerprint density at radius 1 is 0.390 bits per heavy atom. The number of carbonyl (C=O) groups is 2. The van der Waals surface area contributed by atoms with Crippen molar-refractivity contribution in [3.8, 4) is 81.0 Å². The molecule has 47 heteroatoms. The molecule has 118 heavy (non-hydrogen) atoms. The van der Waals surface area contributed by atoms with Crippen LogP contribution >= 0.6 is 77.1 Å². The Balaban J connectivity index is 0.000000350. The summed E-state index contributed by atoms with van der Waals surface area (Å²) >= 11 is 1.86. The number of hydrogen-bond donors (Lipinski definition) is 2. The van der Waals surface area contributed by atoms with Crippen LogP contribution in [0.1, 0.15) is 25.7 Å². The minimum atomic E-state index is -5.38. The molecule has 16 rings (SSSR count). The molecule has 2 saturated heterocycles. The molecule has 0 saturated carbocycles. The van der Waals surface area contributed by atoms with Crippen LogP contribution in [0.15, 0.2) is 210 Å². The van der Waals surface area contributed by atoms with E-state index in [2.05, 4.69) is 79.7 Å². The van der Waals surface area contributed by atoms with E-state index in [4.69, 9.17) is 87.3 Å². The zero-order valence-electron chi connectivity index (χ0n) is 66.1. The second-order valence-electron chi connectivity index (χ2n) is 24.7. The number of aliphatic carboxylic acids is 2. The van der Waals surface area contributed by atoms with Gasteiger partial charge in [-0.2, -0.15) is 5.01 Å². The summed E-state index contributed by atoms with van der Waals surface area (Å²) in [6, 6.07) is 15.5. The number of imidazole rings is 10. The van der Waals surface area contributed by atoms with Gasteiger partial charge in [-0.15, -0.1) is 0 Å². The van der Waals surface area contributed by atoms with Gasteiger partial charge >= 0.3 is 174 Å². The fourth-order valence-corrected chi connectivity index (χ4v) is 11.0. The van der Waals surface area contributed by atoms with E-state index >= 15 is 0 Å². The smallest absolute Gasteiger partial charge is 0 e. The first kappa shape index (κ1) is 109. The van der Waals surface area contributed by atoms with Crippen molar-refractivity contribution in [1.29, 1.82) is 0 Å². The number of carboxylic acids is 2. The quantitative estimate of drug-likeness (QED) is 0.0900. The molecule has 0 aliphatic carbocycles. The molecule has 2 fully saturated rings. The van der Waals surface area contributed by atoms with Gasteiger partial charge in [-0.3, -0.25) is 24.5 Å². The predicted octanol–water partition coefficient (Wildman–Crippen LogP) is 9.16. The number of halogens is 9. The minimum Gasteiger partial charge on any atom is 0 e. The number of pyridine rings is 3. The maximum absolute atomic E-state index is 11.0. The summed E-state index contributed by atoms with van der Waals surface area (Å²) in [4.78, 5) is 83.5. The molecule has 0 amide bonds. The van der Waals surface area contributed by atoms with Crippen molar-refractivity contribution in [2.24, 2.45) is 82.3 Å². The van der Waals surface area contributed by atoms with Crippen molar-refractivity contribution < 1.29 is 131 Å². The number of piperidine rings is 2. The number of aryl methyl sites for hydroxylation is 10. The molecular weight excluding hydrogens is 2680 g/mol. The first-order valence-electron chi connectivity index (χ1n) is 34.9. The van der Waals surface area contributed by atoms with Gasteiger partial charge in [0, 0.05) is 304 Å². The van der Waals surface area contributed by atoms with Gasteiger partial charge in [-0.1, -0.05) is 16.8 Å². The number of anilines is 1. The molecule has 626 valence electrons. The molecule has 2 aliphatic heterocycles. The Morgan fingerprint density at radius 3 is 0.856 bits per heavy atom. The number of carboxylic acid groups (broad SMARTS) is 2. The molecular formula is C71H84Cl9K2N27O4Os3UW. The van der Waals surface area contributed by atoms with Crippen LogP contribution < -0.4 is 27.0 Å². The maximum atomic E-state index is 11.0. The van der Waals surface area contributed by atoms with Crippen molar-refractivity contribution in [2.75, 3.05) is 36.1 Å². The molecule has 14 aromatic rings. The molecule has 0 unspecified atom stereocenters. The third kappa shape index (κ3) is 36.3. The summed E-state index contributed by atoms with van der Waals surface area (Å²) in [6.07, 6.45) is 50.3. The average Bonchev–Trinajstić information content (AvgIpc) is 1.24.